The summed E-state index contributed by atoms with van der Waals surface area (Å²) in [6.45, 7) is 0.331. The Morgan fingerprint density at radius 1 is 1.09 bits per heavy atom. The van der Waals surface area contributed by atoms with E-state index in [9.17, 15) is 13.6 Å². The lowest BCUT2D eigenvalue weighted by Gasteiger charge is -2.02. The fourth-order valence-electron chi connectivity index (χ4n) is 2.03. The van der Waals surface area contributed by atoms with Crippen molar-refractivity contribution in [3.8, 4) is 0 Å². The summed E-state index contributed by atoms with van der Waals surface area (Å²) in [6, 6.07) is 11.3. The Bertz CT molecular complexity index is 830. The summed E-state index contributed by atoms with van der Waals surface area (Å²) < 4.78 is 27.4. The average molecular weight is 314 g/mol. The molecule has 0 unspecified atom stereocenters. The highest BCUT2D eigenvalue weighted by molar-refractivity contribution is 6.03. The van der Waals surface area contributed by atoms with E-state index in [1.54, 1.807) is 12.1 Å². The maximum Gasteiger partial charge on any atom is 0.258 e. The number of nitrogens with zero attached hydrogens (tertiary/aromatic N) is 3. The first-order chi connectivity index (χ1) is 11.1. The molecule has 0 bridgehead atoms. The van der Waals surface area contributed by atoms with Crippen molar-refractivity contribution in [2.24, 2.45) is 0 Å². The van der Waals surface area contributed by atoms with E-state index < -0.39 is 11.7 Å². The molecule has 0 saturated heterocycles. The number of nitrogens with one attached hydrogen (secondary N) is 1. The highest BCUT2D eigenvalue weighted by Gasteiger charge is 2.09. The van der Waals surface area contributed by atoms with Crippen LogP contribution in [0.3, 0.4) is 0 Å². The van der Waals surface area contributed by atoms with Gasteiger partial charge in [-0.05, 0) is 42.0 Å². The van der Waals surface area contributed by atoms with Gasteiger partial charge in [0.1, 0.15) is 18.0 Å². The Kier molecular flexibility index (Phi) is 4.09. The van der Waals surface area contributed by atoms with Gasteiger partial charge >= 0.3 is 0 Å². The van der Waals surface area contributed by atoms with Crippen LogP contribution in [0.5, 0.6) is 0 Å². The molecule has 0 saturated carbocycles. The van der Waals surface area contributed by atoms with E-state index in [1.165, 1.54) is 47.4 Å². The van der Waals surface area contributed by atoms with Gasteiger partial charge in [0.2, 0.25) is 5.95 Å². The van der Waals surface area contributed by atoms with E-state index in [1.807, 2.05) is 0 Å². The molecule has 1 aromatic heterocycles. The number of aromatic nitrogens is 3. The van der Waals surface area contributed by atoms with E-state index in [0.717, 1.165) is 5.56 Å². The largest absolute Gasteiger partial charge is 0.289 e. The van der Waals surface area contributed by atoms with Crippen molar-refractivity contribution in [3.05, 3.63) is 77.6 Å². The third-order valence-corrected chi connectivity index (χ3v) is 3.10. The predicted octanol–water partition coefficient (Wildman–Crippen LogP) is 2.86. The number of benzene rings is 2. The first-order valence-corrected chi connectivity index (χ1v) is 6.81. The van der Waals surface area contributed by atoms with Gasteiger partial charge in [0.25, 0.3) is 5.91 Å². The maximum atomic E-state index is 13.1. The summed E-state index contributed by atoms with van der Waals surface area (Å²) in [5, 5.41) is 6.61. The zero-order valence-corrected chi connectivity index (χ0v) is 11.9. The van der Waals surface area contributed by atoms with Gasteiger partial charge in [-0.1, -0.05) is 12.1 Å². The lowest BCUT2D eigenvalue weighted by Crippen LogP contribution is -2.13. The van der Waals surface area contributed by atoms with E-state index >= 15 is 0 Å². The Morgan fingerprint density at radius 3 is 2.61 bits per heavy atom. The van der Waals surface area contributed by atoms with Gasteiger partial charge in [0, 0.05) is 5.56 Å². The van der Waals surface area contributed by atoms with Gasteiger partial charge in [0.15, 0.2) is 0 Å². The highest BCUT2D eigenvalue weighted by Crippen LogP contribution is 2.08. The van der Waals surface area contributed by atoms with Crippen molar-refractivity contribution in [1.82, 2.24) is 14.8 Å². The van der Waals surface area contributed by atoms with Gasteiger partial charge < -0.3 is 0 Å². The number of anilines is 1. The van der Waals surface area contributed by atoms with E-state index in [4.69, 9.17) is 0 Å². The number of halogens is 2. The quantitative estimate of drug-likeness (QED) is 0.805. The number of hydrogen-bond donors (Lipinski definition) is 1. The van der Waals surface area contributed by atoms with E-state index in [2.05, 4.69) is 15.4 Å². The summed E-state index contributed by atoms with van der Waals surface area (Å²) in [4.78, 5) is 15.9. The molecular weight excluding hydrogens is 302 g/mol. The van der Waals surface area contributed by atoms with Crippen LogP contribution in [-0.4, -0.2) is 20.7 Å². The number of rotatable bonds is 4. The van der Waals surface area contributed by atoms with Crippen LogP contribution in [0.15, 0.2) is 54.9 Å². The normalized spacial score (nSPS) is 10.5. The minimum Gasteiger partial charge on any atom is -0.289 e. The summed E-state index contributed by atoms with van der Waals surface area (Å²) in [6.07, 6.45) is 1.44. The first kappa shape index (κ1) is 14.8. The number of amides is 1. The second-order valence-electron chi connectivity index (χ2n) is 4.86. The summed E-state index contributed by atoms with van der Waals surface area (Å²) in [5.74, 6) is -1.06. The minimum absolute atomic E-state index is 0.121. The molecule has 0 fully saturated rings. The Morgan fingerprint density at radius 2 is 1.87 bits per heavy atom. The summed E-state index contributed by atoms with van der Waals surface area (Å²) in [7, 11) is 0. The first-order valence-electron chi connectivity index (χ1n) is 6.81. The molecule has 3 rings (SSSR count). The number of carbonyl (C=O) groups excluding carboxylic acids is 1. The fraction of sp³-hybridized carbons (Fsp3) is 0.0625. The highest BCUT2D eigenvalue weighted by atomic mass is 19.1. The third kappa shape index (κ3) is 3.76. The molecule has 0 atom stereocenters. The average Bonchev–Trinajstić information content (AvgIpc) is 2.95. The minimum atomic E-state index is -0.437. The van der Waals surface area contributed by atoms with Gasteiger partial charge in [-0.15, -0.1) is 5.10 Å². The van der Waals surface area contributed by atoms with Gasteiger partial charge in [0.05, 0.1) is 6.54 Å². The molecule has 5 nitrogen and oxygen atoms in total. The molecule has 0 aliphatic heterocycles. The van der Waals surface area contributed by atoms with Crippen molar-refractivity contribution in [1.29, 1.82) is 0 Å². The van der Waals surface area contributed by atoms with Gasteiger partial charge in [-0.2, -0.15) is 0 Å². The lowest BCUT2D eigenvalue weighted by molar-refractivity contribution is 0.102. The third-order valence-electron chi connectivity index (χ3n) is 3.10. The molecule has 0 radical (unpaired) electrons. The molecule has 116 valence electrons. The van der Waals surface area contributed by atoms with Crippen LogP contribution >= 0.6 is 0 Å². The SMILES string of the molecule is O=C(Nc1ncn(Cc2cccc(F)c2)n1)c1ccc(F)cc1. The van der Waals surface area contributed by atoms with Crippen molar-refractivity contribution in [2.75, 3.05) is 5.32 Å². The predicted molar refractivity (Wildman–Crippen MR) is 79.9 cm³/mol. The van der Waals surface area contributed by atoms with Crippen molar-refractivity contribution < 1.29 is 13.6 Å². The standard InChI is InChI=1S/C16H12F2N4O/c17-13-6-4-12(5-7-13)15(23)20-16-19-10-22(21-16)9-11-2-1-3-14(18)8-11/h1-8,10H,9H2,(H,20,21,23). The van der Waals surface area contributed by atoms with E-state index in [0.29, 0.717) is 12.1 Å². The number of hydrogen-bond acceptors (Lipinski definition) is 3. The van der Waals surface area contributed by atoms with Gasteiger partial charge in [-0.3, -0.25) is 10.1 Å². The summed E-state index contributed by atoms with van der Waals surface area (Å²) >= 11 is 0. The Labute approximate surface area is 130 Å². The van der Waals surface area contributed by atoms with Crippen LogP contribution in [0.4, 0.5) is 14.7 Å². The van der Waals surface area contributed by atoms with Crippen molar-refractivity contribution in [3.63, 3.8) is 0 Å². The molecule has 0 aliphatic carbocycles. The molecule has 0 spiro atoms. The number of carbonyl (C=O) groups is 1. The molecule has 7 heteroatoms. The Balaban J connectivity index is 1.67. The second kappa shape index (κ2) is 6.35. The molecular formula is C16H12F2N4O. The van der Waals surface area contributed by atoms with Crippen LogP contribution in [-0.2, 0) is 6.54 Å². The lowest BCUT2D eigenvalue weighted by atomic mass is 10.2. The smallest absolute Gasteiger partial charge is 0.258 e. The van der Waals surface area contributed by atoms with E-state index in [-0.39, 0.29) is 11.8 Å². The van der Waals surface area contributed by atoms with Crippen molar-refractivity contribution in [2.45, 2.75) is 6.54 Å². The van der Waals surface area contributed by atoms with Crippen LogP contribution in [0, 0.1) is 11.6 Å². The molecule has 1 amide bonds. The van der Waals surface area contributed by atoms with Crippen LogP contribution < -0.4 is 5.32 Å². The zero-order chi connectivity index (χ0) is 16.2. The molecule has 0 aliphatic rings. The Hall–Kier alpha value is -3.09. The molecule has 1 heterocycles. The second-order valence-corrected chi connectivity index (χ2v) is 4.86. The molecule has 2 aromatic carbocycles. The monoisotopic (exact) mass is 314 g/mol. The summed E-state index contributed by atoms with van der Waals surface area (Å²) in [5.41, 5.74) is 1.03. The van der Waals surface area contributed by atoms with Crippen molar-refractivity contribution >= 4 is 11.9 Å². The zero-order valence-electron chi connectivity index (χ0n) is 11.9. The topological polar surface area (TPSA) is 59.8 Å². The fourth-order valence-corrected chi connectivity index (χ4v) is 2.03. The maximum absolute atomic E-state index is 13.1. The molecule has 1 N–H and O–H groups in total. The molecule has 3 aromatic rings. The van der Waals surface area contributed by atoms with Crippen LogP contribution in [0.1, 0.15) is 15.9 Å². The van der Waals surface area contributed by atoms with Gasteiger partial charge in [-0.25, -0.2) is 18.4 Å². The van der Waals surface area contributed by atoms with Crippen LogP contribution in [0.25, 0.3) is 0 Å². The molecule has 23 heavy (non-hydrogen) atoms. The van der Waals surface area contributed by atoms with Crippen LogP contribution in [0.2, 0.25) is 0 Å².